The van der Waals surface area contributed by atoms with E-state index in [9.17, 15) is 0 Å². The highest BCUT2D eigenvalue weighted by Gasteiger charge is 2.05. The van der Waals surface area contributed by atoms with E-state index in [-0.39, 0.29) is 0 Å². The van der Waals surface area contributed by atoms with Gasteiger partial charge in [-0.15, -0.1) is 0 Å². The fourth-order valence-electron chi connectivity index (χ4n) is 2.43. The molecule has 1 aliphatic heterocycles. The number of rotatable bonds is 2. The molecule has 2 rings (SSSR count). The molecule has 19 heavy (non-hydrogen) atoms. The predicted molar refractivity (Wildman–Crippen MR) is 81.3 cm³/mol. The van der Waals surface area contributed by atoms with Gasteiger partial charge in [-0.1, -0.05) is 35.6 Å². The second-order valence-electron chi connectivity index (χ2n) is 5.34. The number of aryl methyl sites for hydroxylation is 2. The zero-order chi connectivity index (χ0) is 13.5. The molecule has 1 heterocycles. The number of benzene rings is 1. The average Bonchev–Trinajstić information content (AvgIpc) is 2.65. The van der Waals surface area contributed by atoms with E-state index in [0.29, 0.717) is 0 Å². The minimum atomic E-state index is 0.873. The topological polar surface area (TPSA) is 15.3 Å². The molecule has 0 aliphatic carbocycles. The zero-order valence-electron chi connectivity index (χ0n) is 12.1. The number of nitrogens with one attached hydrogen (secondary N) is 1. The van der Waals surface area contributed by atoms with Gasteiger partial charge in [0, 0.05) is 26.1 Å². The van der Waals surface area contributed by atoms with Crippen LogP contribution in [0.1, 0.15) is 23.1 Å². The van der Waals surface area contributed by atoms with Crippen molar-refractivity contribution in [2.24, 2.45) is 0 Å². The molecule has 0 atom stereocenters. The normalized spacial score (nSPS) is 16.5. The van der Waals surface area contributed by atoms with Crippen LogP contribution >= 0.6 is 0 Å². The predicted octanol–water partition coefficient (Wildman–Crippen LogP) is 2.14. The summed E-state index contributed by atoms with van der Waals surface area (Å²) in [5.41, 5.74) is 4.04. The molecule has 102 valence electrons. The molecule has 2 nitrogen and oxygen atoms in total. The van der Waals surface area contributed by atoms with Gasteiger partial charge < -0.3 is 5.32 Å². The summed E-state index contributed by atoms with van der Waals surface area (Å²) < 4.78 is 0. The third kappa shape index (κ3) is 4.70. The Bertz CT molecular complexity index is 460. The number of hydrogen-bond acceptors (Lipinski definition) is 2. The lowest BCUT2D eigenvalue weighted by atomic mass is 10.0. The Labute approximate surface area is 117 Å². The van der Waals surface area contributed by atoms with Crippen molar-refractivity contribution in [1.29, 1.82) is 0 Å². The Morgan fingerprint density at radius 3 is 2.89 bits per heavy atom. The minimum absolute atomic E-state index is 0.873. The number of nitrogens with zero attached hydrogens (tertiary/aromatic N) is 1. The summed E-state index contributed by atoms with van der Waals surface area (Å²) >= 11 is 0. The van der Waals surface area contributed by atoms with Crippen molar-refractivity contribution < 1.29 is 0 Å². The van der Waals surface area contributed by atoms with Crippen LogP contribution in [0.2, 0.25) is 0 Å². The Morgan fingerprint density at radius 2 is 2.05 bits per heavy atom. The van der Waals surface area contributed by atoms with Crippen molar-refractivity contribution in [2.45, 2.75) is 26.7 Å². The van der Waals surface area contributed by atoms with Crippen molar-refractivity contribution in [1.82, 2.24) is 10.2 Å². The van der Waals surface area contributed by atoms with E-state index in [1.165, 1.54) is 29.7 Å². The van der Waals surface area contributed by atoms with Gasteiger partial charge in [0.25, 0.3) is 0 Å². The fourth-order valence-corrected chi connectivity index (χ4v) is 2.43. The third-order valence-electron chi connectivity index (χ3n) is 3.64. The van der Waals surface area contributed by atoms with Crippen LogP contribution in [-0.2, 0) is 6.42 Å². The van der Waals surface area contributed by atoms with Crippen LogP contribution in [0.3, 0.4) is 0 Å². The smallest absolute Gasteiger partial charge is 0.0602 e. The standard InChI is InChI=1S/C17H24N2/c1-15-7-8-17(16(2)14-15)6-3-4-11-19-12-5-9-18-10-13-19/h7-8,14,18H,5-6,9-13H2,1-2H3. The van der Waals surface area contributed by atoms with E-state index >= 15 is 0 Å². The Kier molecular flexibility index (Phi) is 5.44. The fraction of sp³-hybridized carbons (Fsp3) is 0.529. The Hall–Kier alpha value is -1.30. The van der Waals surface area contributed by atoms with Crippen LogP contribution in [0.4, 0.5) is 0 Å². The first-order chi connectivity index (χ1) is 9.25. The summed E-state index contributed by atoms with van der Waals surface area (Å²) in [7, 11) is 0. The highest BCUT2D eigenvalue weighted by atomic mass is 15.1. The molecule has 1 aromatic rings. The quantitative estimate of drug-likeness (QED) is 0.816. The molecular formula is C17H24N2. The molecule has 1 aliphatic rings. The summed E-state index contributed by atoms with van der Waals surface area (Å²) in [5.74, 6) is 6.64. The summed E-state index contributed by atoms with van der Waals surface area (Å²) in [4.78, 5) is 2.44. The van der Waals surface area contributed by atoms with Gasteiger partial charge in [0.1, 0.15) is 0 Å². The summed E-state index contributed by atoms with van der Waals surface area (Å²) in [6.45, 7) is 9.75. The van der Waals surface area contributed by atoms with E-state index in [2.05, 4.69) is 54.1 Å². The number of hydrogen-bond donors (Lipinski definition) is 1. The molecular weight excluding hydrogens is 232 g/mol. The van der Waals surface area contributed by atoms with E-state index in [4.69, 9.17) is 0 Å². The second kappa shape index (κ2) is 7.33. The van der Waals surface area contributed by atoms with E-state index in [0.717, 1.165) is 32.6 Å². The van der Waals surface area contributed by atoms with Crippen LogP contribution in [-0.4, -0.2) is 37.6 Å². The molecule has 0 radical (unpaired) electrons. The summed E-state index contributed by atoms with van der Waals surface area (Å²) in [6, 6.07) is 6.61. The van der Waals surface area contributed by atoms with E-state index in [1.807, 2.05) is 0 Å². The molecule has 1 saturated heterocycles. The van der Waals surface area contributed by atoms with Gasteiger partial charge in [-0.25, -0.2) is 0 Å². The first-order valence-electron chi connectivity index (χ1n) is 7.20. The van der Waals surface area contributed by atoms with Gasteiger partial charge in [0.15, 0.2) is 0 Å². The molecule has 0 spiro atoms. The Balaban J connectivity index is 1.83. The van der Waals surface area contributed by atoms with Crippen LogP contribution < -0.4 is 5.32 Å². The van der Waals surface area contributed by atoms with Crippen molar-refractivity contribution >= 4 is 0 Å². The van der Waals surface area contributed by atoms with Crippen molar-refractivity contribution in [2.75, 3.05) is 32.7 Å². The molecule has 1 fully saturated rings. The first-order valence-corrected chi connectivity index (χ1v) is 7.20. The maximum absolute atomic E-state index is 3.42. The lowest BCUT2D eigenvalue weighted by molar-refractivity contribution is 0.329. The van der Waals surface area contributed by atoms with E-state index in [1.54, 1.807) is 0 Å². The average molecular weight is 256 g/mol. The maximum Gasteiger partial charge on any atom is 0.0602 e. The minimum Gasteiger partial charge on any atom is -0.315 e. The third-order valence-corrected chi connectivity index (χ3v) is 3.64. The van der Waals surface area contributed by atoms with Gasteiger partial charge in [0.05, 0.1) is 6.54 Å². The SMILES string of the molecule is Cc1ccc(CC#CCN2CCCNCC2)c(C)c1. The second-order valence-corrected chi connectivity index (χ2v) is 5.34. The molecule has 0 amide bonds. The molecule has 1 aromatic carbocycles. The largest absolute Gasteiger partial charge is 0.315 e. The molecule has 0 aromatic heterocycles. The van der Waals surface area contributed by atoms with Crippen LogP contribution in [0, 0.1) is 25.7 Å². The molecule has 0 bridgehead atoms. The van der Waals surface area contributed by atoms with Crippen LogP contribution in [0.5, 0.6) is 0 Å². The molecule has 0 saturated carbocycles. The highest BCUT2D eigenvalue weighted by molar-refractivity contribution is 5.33. The van der Waals surface area contributed by atoms with Crippen molar-refractivity contribution in [3.05, 3.63) is 34.9 Å². The highest BCUT2D eigenvalue weighted by Crippen LogP contribution is 2.10. The van der Waals surface area contributed by atoms with Crippen LogP contribution in [0.25, 0.3) is 0 Å². The van der Waals surface area contributed by atoms with Crippen molar-refractivity contribution in [3.8, 4) is 11.8 Å². The summed E-state index contributed by atoms with van der Waals surface area (Å²) in [5, 5.41) is 3.42. The van der Waals surface area contributed by atoms with Gasteiger partial charge in [-0.05, 0) is 37.9 Å². The lowest BCUT2D eigenvalue weighted by Gasteiger charge is -2.15. The van der Waals surface area contributed by atoms with E-state index < -0.39 is 0 Å². The van der Waals surface area contributed by atoms with Gasteiger partial charge in [-0.3, -0.25) is 4.90 Å². The molecule has 0 unspecified atom stereocenters. The lowest BCUT2D eigenvalue weighted by Crippen LogP contribution is -2.28. The van der Waals surface area contributed by atoms with Gasteiger partial charge in [0.2, 0.25) is 0 Å². The van der Waals surface area contributed by atoms with Crippen LogP contribution in [0.15, 0.2) is 18.2 Å². The molecule has 1 N–H and O–H groups in total. The monoisotopic (exact) mass is 256 g/mol. The summed E-state index contributed by atoms with van der Waals surface area (Å²) in [6.07, 6.45) is 2.11. The maximum atomic E-state index is 3.42. The van der Waals surface area contributed by atoms with Crippen molar-refractivity contribution in [3.63, 3.8) is 0 Å². The zero-order valence-corrected chi connectivity index (χ0v) is 12.1. The Morgan fingerprint density at radius 1 is 1.16 bits per heavy atom. The first kappa shape index (κ1) is 14.1. The van der Waals surface area contributed by atoms with Gasteiger partial charge in [-0.2, -0.15) is 0 Å². The molecule has 2 heteroatoms. The van der Waals surface area contributed by atoms with Gasteiger partial charge >= 0.3 is 0 Å².